The molecule has 1 saturated carbocycles. The van der Waals surface area contributed by atoms with Crippen molar-refractivity contribution in [1.29, 1.82) is 0 Å². The minimum Gasteiger partial charge on any atom is -0.495 e. The van der Waals surface area contributed by atoms with Crippen molar-refractivity contribution < 1.29 is 22.7 Å². The summed E-state index contributed by atoms with van der Waals surface area (Å²) in [5.74, 6) is 1.25. The van der Waals surface area contributed by atoms with E-state index in [0.29, 0.717) is 23.4 Å². The van der Waals surface area contributed by atoms with Gasteiger partial charge in [-0.1, -0.05) is 19.9 Å². The molecule has 1 aliphatic heterocycles. The van der Waals surface area contributed by atoms with Crippen LogP contribution in [0.25, 0.3) is 0 Å². The zero-order valence-electron chi connectivity index (χ0n) is 21.0. The fourth-order valence-corrected chi connectivity index (χ4v) is 5.70. The molecule has 0 radical (unpaired) electrons. The molecule has 1 aromatic carbocycles. The van der Waals surface area contributed by atoms with Crippen LogP contribution in [0.1, 0.15) is 80.7 Å². The molecule has 1 N–H and O–H groups in total. The van der Waals surface area contributed by atoms with Gasteiger partial charge < -0.3 is 10.1 Å². The molecule has 5 nitrogen and oxygen atoms in total. The molecule has 0 bridgehead atoms. The number of nitrogens with one attached hydrogen (secondary N) is 1. The van der Waals surface area contributed by atoms with Crippen LogP contribution in [-0.2, 0) is 18.3 Å². The van der Waals surface area contributed by atoms with Crippen molar-refractivity contribution >= 4 is 11.6 Å². The molecule has 2 aromatic rings. The predicted octanol–water partition coefficient (Wildman–Crippen LogP) is 6.63. The molecule has 0 unspecified atom stereocenters. The van der Waals surface area contributed by atoms with Crippen molar-refractivity contribution in [3.63, 3.8) is 0 Å². The van der Waals surface area contributed by atoms with E-state index in [1.807, 2.05) is 12.1 Å². The fourth-order valence-electron chi connectivity index (χ4n) is 5.70. The Morgan fingerprint density at radius 1 is 1.17 bits per heavy atom. The third kappa shape index (κ3) is 5.03. The normalized spacial score (nSPS) is 22.2. The monoisotopic (exact) mass is 489 g/mol. The first-order valence-electron chi connectivity index (χ1n) is 12.3. The highest BCUT2D eigenvalue weighted by Gasteiger charge is 2.43. The van der Waals surface area contributed by atoms with Gasteiger partial charge in [0, 0.05) is 18.1 Å². The lowest BCUT2D eigenvalue weighted by Gasteiger charge is -2.43. The zero-order valence-corrected chi connectivity index (χ0v) is 21.0. The molecule has 35 heavy (non-hydrogen) atoms. The van der Waals surface area contributed by atoms with Crippen LogP contribution in [-0.4, -0.2) is 28.9 Å². The summed E-state index contributed by atoms with van der Waals surface area (Å²) in [5.41, 5.74) is 1.08. The van der Waals surface area contributed by atoms with Gasteiger partial charge in [0.2, 0.25) is 0 Å². The van der Waals surface area contributed by atoms with Crippen molar-refractivity contribution in [3.05, 3.63) is 52.8 Å². The Balaban J connectivity index is 1.57. The molecule has 2 aliphatic rings. The van der Waals surface area contributed by atoms with Crippen LogP contribution in [0.15, 0.2) is 30.3 Å². The number of fused-ring (bicyclic) bond motifs is 1. The number of alkyl halides is 3. The molecule has 0 saturated heterocycles. The molecule has 1 fully saturated rings. The SMILES string of the molecule is COc1cc2c(cc1NC(=O)c1cccc(C(F)(F)F)n1)CN([C@H]1CC[C@H](C(C)C)CC1)C2(C)C. The maximum Gasteiger partial charge on any atom is 0.433 e. The Labute approximate surface area is 205 Å². The summed E-state index contributed by atoms with van der Waals surface area (Å²) in [7, 11) is 1.52. The number of amides is 1. The zero-order chi connectivity index (χ0) is 25.5. The van der Waals surface area contributed by atoms with Crippen LogP contribution in [0.2, 0.25) is 0 Å². The maximum absolute atomic E-state index is 13.0. The molecule has 190 valence electrons. The maximum atomic E-state index is 13.0. The number of methoxy groups -OCH3 is 1. The van der Waals surface area contributed by atoms with Gasteiger partial charge in [0.25, 0.3) is 5.91 Å². The van der Waals surface area contributed by atoms with E-state index in [9.17, 15) is 18.0 Å². The molecule has 1 aromatic heterocycles. The lowest BCUT2D eigenvalue weighted by atomic mass is 9.78. The Morgan fingerprint density at radius 2 is 1.86 bits per heavy atom. The molecule has 1 amide bonds. The minimum atomic E-state index is -4.62. The lowest BCUT2D eigenvalue weighted by molar-refractivity contribution is -0.141. The predicted molar refractivity (Wildman–Crippen MR) is 129 cm³/mol. The van der Waals surface area contributed by atoms with Crippen molar-refractivity contribution in [2.45, 2.75) is 77.7 Å². The summed E-state index contributed by atoms with van der Waals surface area (Å²) < 4.78 is 44.7. The Kier molecular flexibility index (Phi) is 6.88. The quantitative estimate of drug-likeness (QED) is 0.512. The Hall–Kier alpha value is -2.61. The first-order chi connectivity index (χ1) is 16.4. The van der Waals surface area contributed by atoms with Gasteiger partial charge in [-0.2, -0.15) is 13.2 Å². The van der Waals surface area contributed by atoms with Crippen molar-refractivity contribution in [3.8, 4) is 5.75 Å². The summed E-state index contributed by atoms with van der Waals surface area (Å²) in [6.07, 6.45) is 0.190. The second kappa shape index (κ2) is 9.45. The number of hydrogen-bond acceptors (Lipinski definition) is 4. The number of pyridine rings is 1. The molecule has 0 spiro atoms. The number of carbonyl (C=O) groups excluding carboxylic acids is 1. The molecule has 2 heterocycles. The van der Waals surface area contributed by atoms with Crippen molar-refractivity contribution in [2.75, 3.05) is 12.4 Å². The van der Waals surface area contributed by atoms with E-state index in [2.05, 4.69) is 42.9 Å². The van der Waals surface area contributed by atoms with Gasteiger partial charge in [-0.15, -0.1) is 0 Å². The highest BCUT2D eigenvalue weighted by Crippen LogP contribution is 2.47. The number of ether oxygens (including phenoxy) is 1. The molecule has 0 atom stereocenters. The smallest absolute Gasteiger partial charge is 0.433 e. The number of halogens is 3. The fraction of sp³-hybridized carbons (Fsp3) is 0.556. The molecular formula is C27H34F3N3O2. The van der Waals surface area contributed by atoms with Gasteiger partial charge in [-0.25, -0.2) is 4.98 Å². The number of rotatable bonds is 5. The van der Waals surface area contributed by atoms with Gasteiger partial charge in [-0.3, -0.25) is 9.69 Å². The summed E-state index contributed by atoms with van der Waals surface area (Å²) in [5, 5.41) is 2.71. The summed E-state index contributed by atoms with van der Waals surface area (Å²) >= 11 is 0. The third-order valence-electron chi connectivity index (χ3n) is 7.79. The number of hydrogen-bond donors (Lipinski definition) is 1. The van der Waals surface area contributed by atoms with Gasteiger partial charge in [-0.05, 0) is 86.8 Å². The van der Waals surface area contributed by atoms with E-state index in [1.54, 1.807) is 0 Å². The summed E-state index contributed by atoms with van der Waals surface area (Å²) in [6, 6.07) is 7.62. The summed E-state index contributed by atoms with van der Waals surface area (Å²) in [6.45, 7) is 9.80. The summed E-state index contributed by atoms with van der Waals surface area (Å²) in [4.78, 5) is 18.8. The van der Waals surface area contributed by atoms with E-state index >= 15 is 0 Å². The van der Waals surface area contributed by atoms with E-state index in [4.69, 9.17) is 4.74 Å². The van der Waals surface area contributed by atoms with Crippen LogP contribution in [0.4, 0.5) is 18.9 Å². The van der Waals surface area contributed by atoms with Crippen LogP contribution in [0.3, 0.4) is 0 Å². The first kappa shape index (κ1) is 25.5. The van der Waals surface area contributed by atoms with E-state index in [1.165, 1.54) is 44.9 Å². The number of benzene rings is 1. The topological polar surface area (TPSA) is 54.5 Å². The largest absolute Gasteiger partial charge is 0.495 e. The third-order valence-corrected chi connectivity index (χ3v) is 7.79. The standard InChI is InChI=1S/C27H34F3N3O2/c1-16(2)17-9-11-19(12-10-17)33-15-18-13-22(23(35-5)14-20(18)26(33,3)4)32-25(34)21-7-6-8-24(31-21)27(28,29)30/h6-8,13-14,16-17,19H,9-12,15H2,1-5H3,(H,32,34)/t17-,19-. The number of nitrogens with zero attached hydrogens (tertiary/aromatic N) is 2. The highest BCUT2D eigenvalue weighted by molar-refractivity contribution is 6.03. The average molecular weight is 490 g/mol. The van der Waals surface area contributed by atoms with Gasteiger partial charge in [0.1, 0.15) is 17.1 Å². The van der Waals surface area contributed by atoms with Gasteiger partial charge >= 0.3 is 6.18 Å². The van der Waals surface area contributed by atoms with Crippen LogP contribution in [0.5, 0.6) is 5.75 Å². The van der Waals surface area contributed by atoms with Crippen LogP contribution in [0, 0.1) is 11.8 Å². The number of carbonyl (C=O) groups is 1. The van der Waals surface area contributed by atoms with Crippen molar-refractivity contribution in [2.24, 2.45) is 11.8 Å². The molecule has 1 aliphatic carbocycles. The van der Waals surface area contributed by atoms with E-state index in [-0.39, 0.29) is 11.2 Å². The molecule has 8 heteroatoms. The Morgan fingerprint density at radius 3 is 2.46 bits per heavy atom. The van der Waals surface area contributed by atoms with Gasteiger partial charge in [0.15, 0.2) is 0 Å². The highest BCUT2D eigenvalue weighted by atomic mass is 19.4. The molecular weight excluding hydrogens is 455 g/mol. The van der Waals surface area contributed by atoms with Crippen molar-refractivity contribution in [1.82, 2.24) is 9.88 Å². The second-order valence-corrected chi connectivity index (χ2v) is 10.6. The van der Waals surface area contributed by atoms with E-state index in [0.717, 1.165) is 29.7 Å². The number of anilines is 1. The first-order valence-corrected chi connectivity index (χ1v) is 12.3. The lowest BCUT2D eigenvalue weighted by Crippen LogP contribution is -2.45. The Bertz CT molecular complexity index is 1090. The molecule has 4 rings (SSSR count). The van der Waals surface area contributed by atoms with E-state index < -0.39 is 17.8 Å². The average Bonchev–Trinajstić information content (AvgIpc) is 3.07. The van der Waals surface area contributed by atoms with Crippen LogP contribution < -0.4 is 10.1 Å². The minimum absolute atomic E-state index is 0.191. The second-order valence-electron chi connectivity index (χ2n) is 10.6. The number of aromatic nitrogens is 1. The van der Waals surface area contributed by atoms with Gasteiger partial charge in [0.05, 0.1) is 12.8 Å². The van der Waals surface area contributed by atoms with Crippen LogP contribution >= 0.6 is 0 Å².